The number of nitrogens with zero attached hydrogens (tertiary/aromatic N) is 1. The summed E-state index contributed by atoms with van der Waals surface area (Å²) in [5, 5.41) is 24.5. The Hall–Kier alpha value is -1.14. The Labute approximate surface area is 221 Å². The van der Waals surface area contributed by atoms with E-state index in [1.165, 1.54) is 0 Å². The highest BCUT2D eigenvalue weighted by Gasteiger charge is 2.57. The first-order valence-electron chi connectivity index (χ1n) is 14.9. The molecule has 36 heavy (non-hydrogen) atoms. The molecule has 212 valence electrons. The molecule has 1 fully saturated rings. The van der Waals surface area contributed by atoms with Crippen molar-refractivity contribution < 1.29 is 19.8 Å². The maximum atomic E-state index is 14.9. The van der Waals surface area contributed by atoms with Gasteiger partial charge in [0.1, 0.15) is 5.41 Å². The third kappa shape index (κ3) is 7.03. The van der Waals surface area contributed by atoms with E-state index in [4.69, 9.17) is 5.73 Å². The van der Waals surface area contributed by atoms with Crippen molar-refractivity contribution in [2.24, 2.45) is 23.0 Å². The number of hydrogen-bond acceptors (Lipinski definition) is 4. The third-order valence-corrected chi connectivity index (χ3v) is 8.52. The highest BCUT2D eigenvalue weighted by Crippen LogP contribution is 2.45. The smallest absolute Gasteiger partial charge is 0.238 e. The minimum absolute atomic E-state index is 0.0701. The number of hydrogen-bond donors (Lipinski definition) is 3. The van der Waals surface area contributed by atoms with Crippen LogP contribution in [0.1, 0.15) is 139 Å². The number of aliphatic hydroxyl groups is 2. The Kier molecular flexibility index (Phi) is 12.9. The molecule has 0 aromatic heterocycles. The van der Waals surface area contributed by atoms with Crippen molar-refractivity contribution >= 4 is 11.8 Å². The van der Waals surface area contributed by atoms with Gasteiger partial charge in [-0.3, -0.25) is 9.59 Å². The van der Waals surface area contributed by atoms with Crippen LogP contribution in [0.3, 0.4) is 0 Å². The van der Waals surface area contributed by atoms with Gasteiger partial charge >= 0.3 is 0 Å². The molecule has 0 aliphatic heterocycles. The van der Waals surface area contributed by atoms with E-state index in [1.54, 1.807) is 0 Å². The first-order chi connectivity index (χ1) is 16.8. The van der Waals surface area contributed by atoms with Crippen LogP contribution in [-0.2, 0) is 9.59 Å². The Morgan fingerprint density at radius 2 is 1.08 bits per heavy atom. The van der Waals surface area contributed by atoms with Crippen LogP contribution >= 0.6 is 0 Å². The molecule has 0 aromatic carbocycles. The van der Waals surface area contributed by atoms with Gasteiger partial charge in [0.2, 0.25) is 11.8 Å². The zero-order chi connectivity index (χ0) is 27.7. The van der Waals surface area contributed by atoms with Crippen molar-refractivity contribution in [3.63, 3.8) is 0 Å². The number of nitrogens with two attached hydrogens (primary N) is 1. The average Bonchev–Trinajstić information content (AvgIpc) is 2.78. The summed E-state index contributed by atoms with van der Waals surface area (Å²) in [6.45, 7) is 16.4. The predicted octanol–water partition coefficient (Wildman–Crippen LogP) is 5.96. The van der Waals surface area contributed by atoms with Crippen LogP contribution in [0.15, 0.2) is 0 Å². The van der Waals surface area contributed by atoms with Crippen LogP contribution in [0.4, 0.5) is 0 Å². The van der Waals surface area contributed by atoms with Gasteiger partial charge in [0, 0.05) is 0 Å². The Morgan fingerprint density at radius 1 is 0.750 bits per heavy atom. The fourth-order valence-corrected chi connectivity index (χ4v) is 7.37. The summed E-state index contributed by atoms with van der Waals surface area (Å²) >= 11 is 0. The second-order valence-corrected chi connectivity index (χ2v) is 12.3. The number of carbonyl (C=O) groups excluding carboxylic acids is 2. The van der Waals surface area contributed by atoms with E-state index >= 15 is 0 Å². The van der Waals surface area contributed by atoms with Gasteiger partial charge in [0.05, 0.1) is 23.3 Å². The van der Waals surface area contributed by atoms with Gasteiger partial charge in [-0.15, -0.1) is 0 Å². The number of primary amides is 1. The van der Waals surface area contributed by atoms with Crippen LogP contribution in [0.25, 0.3) is 0 Å². The van der Waals surface area contributed by atoms with Gasteiger partial charge in [0.25, 0.3) is 0 Å². The van der Waals surface area contributed by atoms with Gasteiger partial charge in [0.15, 0.2) is 0 Å². The van der Waals surface area contributed by atoms with E-state index in [1.807, 2.05) is 4.90 Å². The van der Waals surface area contributed by atoms with Crippen molar-refractivity contribution in [1.82, 2.24) is 4.90 Å². The van der Waals surface area contributed by atoms with Crippen molar-refractivity contribution in [2.75, 3.05) is 0 Å². The van der Waals surface area contributed by atoms with Gasteiger partial charge in [-0.05, 0) is 50.4 Å². The molecule has 0 saturated heterocycles. The minimum Gasteiger partial charge on any atom is -0.388 e. The van der Waals surface area contributed by atoms with E-state index in [0.717, 1.165) is 44.9 Å². The molecule has 2 atom stereocenters. The van der Waals surface area contributed by atoms with Crippen molar-refractivity contribution in [3.05, 3.63) is 0 Å². The average molecular weight is 511 g/mol. The van der Waals surface area contributed by atoms with E-state index in [0.29, 0.717) is 38.5 Å². The highest BCUT2D eigenvalue weighted by molar-refractivity contribution is 6.04. The van der Waals surface area contributed by atoms with E-state index < -0.39 is 34.6 Å². The van der Waals surface area contributed by atoms with Crippen LogP contribution < -0.4 is 5.73 Å². The summed E-state index contributed by atoms with van der Waals surface area (Å²) < 4.78 is 0. The fraction of sp³-hybridized carbons (Fsp3) is 0.933. The molecular formula is C30H58N2O4. The standard InChI is InChI=1S/C30H58N2O4/c1-9-16-29(35,17-10-2)24(22(5)6)32(25(23(7)8)30(36,18-11-3)19-12-4)27(34)28(26(31)33)20-14-13-15-21-28/h22-25,35-36H,9-21H2,1-8H3,(H2,31,33). The molecule has 0 bridgehead atoms. The number of amides is 2. The molecule has 1 aliphatic carbocycles. The second-order valence-electron chi connectivity index (χ2n) is 12.3. The van der Waals surface area contributed by atoms with Crippen molar-refractivity contribution in [1.29, 1.82) is 0 Å². The summed E-state index contributed by atoms with van der Waals surface area (Å²) in [6.07, 6.45) is 8.77. The topological polar surface area (TPSA) is 104 Å². The van der Waals surface area contributed by atoms with Gasteiger partial charge in [-0.25, -0.2) is 0 Å². The lowest BCUT2D eigenvalue weighted by atomic mass is 9.68. The number of carbonyl (C=O) groups is 2. The van der Waals surface area contributed by atoms with Crippen LogP contribution in [0.2, 0.25) is 0 Å². The Balaban J connectivity index is 4.00. The lowest BCUT2D eigenvalue weighted by Gasteiger charge is -2.55. The third-order valence-electron chi connectivity index (χ3n) is 8.52. The van der Waals surface area contributed by atoms with Crippen molar-refractivity contribution in [3.8, 4) is 0 Å². The summed E-state index contributed by atoms with van der Waals surface area (Å²) in [5.41, 5.74) is 2.52. The maximum absolute atomic E-state index is 14.9. The normalized spacial score (nSPS) is 18.3. The van der Waals surface area contributed by atoms with Crippen LogP contribution in [0.5, 0.6) is 0 Å². The molecule has 0 heterocycles. The largest absolute Gasteiger partial charge is 0.388 e. The van der Waals surface area contributed by atoms with Gasteiger partial charge in [-0.1, -0.05) is 100 Å². The molecule has 0 spiro atoms. The fourth-order valence-electron chi connectivity index (χ4n) is 7.37. The molecule has 1 saturated carbocycles. The highest BCUT2D eigenvalue weighted by atomic mass is 16.3. The Morgan fingerprint density at radius 3 is 1.33 bits per heavy atom. The molecule has 6 nitrogen and oxygen atoms in total. The lowest BCUT2D eigenvalue weighted by molar-refractivity contribution is -0.183. The molecule has 1 rings (SSSR count). The molecule has 1 aliphatic rings. The molecule has 6 heteroatoms. The zero-order valence-electron chi connectivity index (χ0n) is 24.7. The lowest BCUT2D eigenvalue weighted by Crippen LogP contribution is -2.70. The number of rotatable bonds is 16. The zero-order valence-corrected chi connectivity index (χ0v) is 24.7. The minimum atomic E-state index is -1.28. The quantitative estimate of drug-likeness (QED) is 0.223. The molecule has 2 amide bonds. The first kappa shape index (κ1) is 32.9. The molecule has 0 radical (unpaired) electrons. The maximum Gasteiger partial charge on any atom is 0.238 e. The molecule has 4 N–H and O–H groups in total. The first-order valence-corrected chi connectivity index (χ1v) is 14.9. The van der Waals surface area contributed by atoms with Gasteiger partial charge in [-0.2, -0.15) is 0 Å². The van der Waals surface area contributed by atoms with E-state index in [2.05, 4.69) is 55.4 Å². The SMILES string of the molecule is CCCC(O)(CCC)C(C(C)C)N(C(=O)C1(C(N)=O)CCCCC1)C(C(C)C)C(O)(CCC)CCC. The van der Waals surface area contributed by atoms with Crippen molar-refractivity contribution in [2.45, 2.75) is 162 Å². The van der Waals surface area contributed by atoms with E-state index in [9.17, 15) is 19.8 Å². The van der Waals surface area contributed by atoms with Crippen LogP contribution in [0, 0.1) is 17.3 Å². The molecular weight excluding hydrogens is 452 g/mol. The molecule has 2 unspecified atom stereocenters. The van der Waals surface area contributed by atoms with Crippen LogP contribution in [-0.4, -0.2) is 50.2 Å². The summed E-state index contributed by atoms with van der Waals surface area (Å²) in [4.78, 5) is 29.7. The molecule has 0 aromatic rings. The second kappa shape index (κ2) is 14.1. The summed E-state index contributed by atoms with van der Waals surface area (Å²) in [7, 11) is 0. The Bertz CT molecular complexity index is 638. The predicted molar refractivity (Wildman–Crippen MR) is 148 cm³/mol. The summed E-state index contributed by atoms with van der Waals surface area (Å²) in [5.74, 6) is -0.978. The monoisotopic (exact) mass is 510 g/mol. The van der Waals surface area contributed by atoms with Gasteiger partial charge < -0.3 is 20.8 Å². The van der Waals surface area contributed by atoms with E-state index in [-0.39, 0.29) is 17.7 Å². The summed E-state index contributed by atoms with van der Waals surface area (Å²) in [6, 6.07) is -1.06.